The van der Waals surface area contributed by atoms with Crippen molar-refractivity contribution >= 4 is 11.3 Å². The molecular weight excluding hydrogens is 257 g/mol. The summed E-state index contributed by atoms with van der Waals surface area (Å²) in [5.74, 6) is -0.113. The van der Waals surface area contributed by atoms with E-state index in [4.69, 9.17) is 0 Å². The molecule has 3 heteroatoms. The molecule has 2 rings (SSSR count). The van der Waals surface area contributed by atoms with Gasteiger partial charge in [-0.15, -0.1) is 11.3 Å². The molecule has 1 atom stereocenters. The van der Waals surface area contributed by atoms with Gasteiger partial charge in [-0.3, -0.25) is 0 Å². The van der Waals surface area contributed by atoms with Crippen LogP contribution in [0.3, 0.4) is 0 Å². The van der Waals surface area contributed by atoms with E-state index < -0.39 is 0 Å². The molecule has 0 radical (unpaired) electrons. The topological polar surface area (TPSA) is 12.0 Å². The Bertz CT molecular complexity index is 521. The van der Waals surface area contributed by atoms with Gasteiger partial charge in [0.1, 0.15) is 5.82 Å². The van der Waals surface area contributed by atoms with E-state index in [1.165, 1.54) is 16.5 Å². The predicted molar refractivity (Wildman–Crippen MR) is 80.2 cm³/mol. The lowest BCUT2D eigenvalue weighted by Crippen LogP contribution is -2.24. The van der Waals surface area contributed by atoms with E-state index in [9.17, 15) is 4.39 Å². The summed E-state index contributed by atoms with van der Waals surface area (Å²) >= 11 is 1.75. The molecule has 0 aliphatic heterocycles. The van der Waals surface area contributed by atoms with E-state index in [1.807, 2.05) is 12.1 Å². The Morgan fingerprint density at radius 1 is 1.32 bits per heavy atom. The number of hydrogen-bond acceptors (Lipinski definition) is 2. The molecule has 0 aliphatic rings. The first-order valence-electron chi connectivity index (χ1n) is 6.72. The van der Waals surface area contributed by atoms with Crippen molar-refractivity contribution in [1.82, 2.24) is 5.32 Å². The third-order valence-electron chi connectivity index (χ3n) is 3.18. The lowest BCUT2D eigenvalue weighted by atomic mass is 10.0. The van der Waals surface area contributed by atoms with Crippen LogP contribution in [0.25, 0.3) is 0 Å². The molecule has 0 amide bonds. The molecule has 0 saturated heterocycles. The van der Waals surface area contributed by atoms with Crippen LogP contribution in [-0.4, -0.2) is 6.54 Å². The van der Waals surface area contributed by atoms with E-state index in [0.29, 0.717) is 6.42 Å². The SMILES string of the molecule is CCCNC(Cc1ccccc1F)c1csc(C)c1. The van der Waals surface area contributed by atoms with Crippen LogP contribution in [0, 0.1) is 12.7 Å². The lowest BCUT2D eigenvalue weighted by molar-refractivity contribution is 0.514. The van der Waals surface area contributed by atoms with Gasteiger partial charge in [-0.2, -0.15) is 0 Å². The standard InChI is InChI=1S/C16H20FNS/c1-3-8-18-16(14-9-12(2)19-11-14)10-13-6-4-5-7-15(13)17/h4-7,9,11,16,18H,3,8,10H2,1-2H3. The van der Waals surface area contributed by atoms with Crippen LogP contribution in [0.4, 0.5) is 4.39 Å². The van der Waals surface area contributed by atoms with Crippen LogP contribution >= 0.6 is 11.3 Å². The van der Waals surface area contributed by atoms with Crippen LogP contribution in [0.2, 0.25) is 0 Å². The quantitative estimate of drug-likeness (QED) is 0.821. The molecule has 1 aromatic carbocycles. The second-order valence-electron chi connectivity index (χ2n) is 4.79. The highest BCUT2D eigenvalue weighted by Gasteiger charge is 2.14. The van der Waals surface area contributed by atoms with Crippen molar-refractivity contribution < 1.29 is 4.39 Å². The Morgan fingerprint density at radius 3 is 2.74 bits per heavy atom. The van der Waals surface area contributed by atoms with Crippen LogP contribution in [0.5, 0.6) is 0 Å². The Morgan fingerprint density at radius 2 is 2.11 bits per heavy atom. The van der Waals surface area contributed by atoms with E-state index >= 15 is 0 Å². The fourth-order valence-electron chi connectivity index (χ4n) is 2.16. The molecular formula is C16H20FNS. The smallest absolute Gasteiger partial charge is 0.126 e. The minimum Gasteiger partial charge on any atom is -0.310 e. The molecule has 1 heterocycles. The minimum absolute atomic E-state index is 0.113. The number of hydrogen-bond donors (Lipinski definition) is 1. The van der Waals surface area contributed by atoms with Crippen molar-refractivity contribution in [2.45, 2.75) is 32.7 Å². The summed E-state index contributed by atoms with van der Waals surface area (Å²) in [6, 6.07) is 9.43. The van der Waals surface area contributed by atoms with Gasteiger partial charge in [0.2, 0.25) is 0 Å². The van der Waals surface area contributed by atoms with E-state index in [1.54, 1.807) is 17.4 Å². The van der Waals surface area contributed by atoms with Crippen molar-refractivity contribution in [3.8, 4) is 0 Å². The third-order valence-corrected chi connectivity index (χ3v) is 4.06. The molecule has 2 aromatic rings. The molecule has 1 nitrogen and oxygen atoms in total. The molecule has 102 valence electrons. The zero-order valence-electron chi connectivity index (χ0n) is 11.4. The maximum Gasteiger partial charge on any atom is 0.126 e. The van der Waals surface area contributed by atoms with E-state index in [2.05, 4.69) is 30.6 Å². The second-order valence-corrected chi connectivity index (χ2v) is 5.91. The number of thiophene rings is 1. The Labute approximate surface area is 118 Å². The Hall–Kier alpha value is -1.19. The van der Waals surface area contributed by atoms with Crippen molar-refractivity contribution in [2.24, 2.45) is 0 Å². The molecule has 0 saturated carbocycles. The number of benzene rings is 1. The third kappa shape index (κ3) is 3.88. The normalized spacial score (nSPS) is 12.6. The zero-order chi connectivity index (χ0) is 13.7. The second kappa shape index (κ2) is 6.83. The van der Waals surface area contributed by atoms with Crippen LogP contribution < -0.4 is 5.32 Å². The van der Waals surface area contributed by atoms with Gasteiger partial charge in [-0.05, 0) is 54.9 Å². The van der Waals surface area contributed by atoms with Crippen LogP contribution in [-0.2, 0) is 6.42 Å². The van der Waals surface area contributed by atoms with Crippen LogP contribution in [0.15, 0.2) is 35.7 Å². The highest BCUT2D eigenvalue weighted by molar-refractivity contribution is 7.10. The summed E-state index contributed by atoms with van der Waals surface area (Å²) in [7, 11) is 0. The van der Waals surface area contributed by atoms with Crippen molar-refractivity contribution in [3.05, 3.63) is 57.5 Å². The van der Waals surface area contributed by atoms with Crippen molar-refractivity contribution in [2.75, 3.05) is 6.54 Å². The summed E-state index contributed by atoms with van der Waals surface area (Å²) in [5, 5.41) is 5.68. The predicted octanol–water partition coefficient (Wildman–Crippen LogP) is 4.48. The highest BCUT2D eigenvalue weighted by atomic mass is 32.1. The van der Waals surface area contributed by atoms with E-state index in [0.717, 1.165) is 18.5 Å². The largest absolute Gasteiger partial charge is 0.310 e. The van der Waals surface area contributed by atoms with Gasteiger partial charge in [0.15, 0.2) is 0 Å². The highest BCUT2D eigenvalue weighted by Crippen LogP contribution is 2.24. The number of rotatable bonds is 6. The molecule has 0 aliphatic carbocycles. The Balaban J connectivity index is 2.16. The summed E-state index contributed by atoms with van der Waals surface area (Å²) in [6.07, 6.45) is 1.78. The van der Waals surface area contributed by atoms with E-state index in [-0.39, 0.29) is 11.9 Å². The molecule has 19 heavy (non-hydrogen) atoms. The molecule has 0 spiro atoms. The average Bonchev–Trinajstić information content (AvgIpc) is 2.83. The minimum atomic E-state index is -0.113. The van der Waals surface area contributed by atoms with Gasteiger partial charge in [0, 0.05) is 10.9 Å². The molecule has 0 bridgehead atoms. The van der Waals surface area contributed by atoms with Crippen molar-refractivity contribution in [3.63, 3.8) is 0 Å². The summed E-state index contributed by atoms with van der Waals surface area (Å²) in [6.45, 7) is 5.20. The summed E-state index contributed by atoms with van der Waals surface area (Å²) in [5.41, 5.74) is 2.04. The van der Waals surface area contributed by atoms with Gasteiger partial charge in [0.05, 0.1) is 0 Å². The first kappa shape index (κ1) is 14.2. The fraction of sp³-hybridized carbons (Fsp3) is 0.375. The van der Waals surface area contributed by atoms with Gasteiger partial charge in [0.25, 0.3) is 0 Å². The molecule has 1 N–H and O–H groups in total. The van der Waals surface area contributed by atoms with Gasteiger partial charge in [-0.25, -0.2) is 4.39 Å². The molecule has 1 unspecified atom stereocenters. The first-order chi connectivity index (χ1) is 9.20. The van der Waals surface area contributed by atoms with Gasteiger partial charge >= 0.3 is 0 Å². The number of nitrogens with one attached hydrogen (secondary N) is 1. The van der Waals surface area contributed by atoms with Gasteiger partial charge < -0.3 is 5.32 Å². The Kier molecular flexibility index (Phi) is 5.11. The maximum atomic E-state index is 13.8. The fourth-order valence-corrected chi connectivity index (χ4v) is 2.92. The lowest BCUT2D eigenvalue weighted by Gasteiger charge is -2.18. The number of halogens is 1. The molecule has 0 fully saturated rings. The maximum absolute atomic E-state index is 13.8. The average molecular weight is 277 g/mol. The molecule has 1 aromatic heterocycles. The monoisotopic (exact) mass is 277 g/mol. The van der Waals surface area contributed by atoms with Crippen molar-refractivity contribution in [1.29, 1.82) is 0 Å². The summed E-state index contributed by atoms with van der Waals surface area (Å²) < 4.78 is 13.8. The zero-order valence-corrected chi connectivity index (χ0v) is 12.3. The van der Waals surface area contributed by atoms with Gasteiger partial charge in [-0.1, -0.05) is 25.1 Å². The van der Waals surface area contributed by atoms with Crippen LogP contribution in [0.1, 0.15) is 35.4 Å². The first-order valence-corrected chi connectivity index (χ1v) is 7.60. The number of aryl methyl sites for hydroxylation is 1. The summed E-state index contributed by atoms with van der Waals surface area (Å²) in [4.78, 5) is 1.30.